The van der Waals surface area contributed by atoms with E-state index < -0.39 is 24.3 Å². The third-order valence-electron chi connectivity index (χ3n) is 3.93. The minimum Gasteiger partial charge on any atom is -0.390 e. The standard InChI is InChI=1S/C14H25F3O2/c1-2-19-13(9-5-3-4-6-10-13)12(18)8-7-11-14(15,16)17/h12,18H,2-11H2,1H3. The van der Waals surface area contributed by atoms with Crippen LogP contribution in [-0.4, -0.2) is 29.6 Å². The van der Waals surface area contributed by atoms with E-state index in [1.165, 1.54) is 0 Å². The Labute approximate surface area is 113 Å². The highest BCUT2D eigenvalue weighted by molar-refractivity contribution is 4.90. The first kappa shape index (κ1) is 16.8. The van der Waals surface area contributed by atoms with Crippen molar-refractivity contribution in [2.24, 2.45) is 0 Å². The zero-order chi connectivity index (χ0) is 14.4. The number of hydrogen-bond acceptors (Lipinski definition) is 2. The Morgan fingerprint density at radius 3 is 2.21 bits per heavy atom. The number of halogens is 3. The van der Waals surface area contributed by atoms with Crippen molar-refractivity contribution in [1.29, 1.82) is 0 Å². The van der Waals surface area contributed by atoms with Gasteiger partial charge in [-0.2, -0.15) is 13.2 Å². The van der Waals surface area contributed by atoms with Gasteiger partial charge in [-0.3, -0.25) is 0 Å². The van der Waals surface area contributed by atoms with E-state index in [2.05, 4.69) is 0 Å². The molecule has 0 bridgehead atoms. The Balaban J connectivity index is 2.53. The Kier molecular flexibility index (Phi) is 6.60. The number of aliphatic hydroxyl groups is 1. The van der Waals surface area contributed by atoms with Gasteiger partial charge < -0.3 is 9.84 Å². The second kappa shape index (κ2) is 7.48. The van der Waals surface area contributed by atoms with Crippen LogP contribution in [0.15, 0.2) is 0 Å². The smallest absolute Gasteiger partial charge is 0.389 e. The highest BCUT2D eigenvalue weighted by Crippen LogP contribution is 2.36. The minimum atomic E-state index is -4.14. The topological polar surface area (TPSA) is 29.5 Å². The maximum Gasteiger partial charge on any atom is 0.389 e. The molecule has 1 rings (SSSR count). The summed E-state index contributed by atoms with van der Waals surface area (Å²) < 4.78 is 42.2. The summed E-state index contributed by atoms with van der Waals surface area (Å²) in [7, 11) is 0. The van der Waals surface area contributed by atoms with Gasteiger partial charge in [0.05, 0.1) is 11.7 Å². The lowest BCUT2D eigenvalue weighted by Crippen LogP contribution is -2.44. The lowest BCUT2D eigenvalue weighted by molar-refractivity contribution is -0.148. The van der Waals surface area contributed by atoms with Gasteiger partial charge >= 0.3 is 6.18 Å². The van der Waals surface area contributed by atoms with Crippen LogP contribution in [0.3, 0.4) is 0 Å². The lowest BCUT2D eigenvalue weighted by Gasteiger charge is -2.37. The van der Waals surface area contributed by atoms with Crippen LogP contribution in [0.1, 0.15) is 64.7 Å². The van der Waals surface area contributed by atoms with Crippen LogP contribution >= 0.6 is 0 Å². The summed E-state index contributed by atoms with van der Waals surface area (Å²) in [6.07, 6.45) is 0.101. The highest BCUT2D eigenvalue weighted by atomic mass is 19.4. The molecule has 0 aromatic heterocycles. The number of rotatable bonds is 6. The summed E-state index contributed by atoms with van der Waals surface area (Å²) >= 11 is 0. The van der Waals surface area contributed by atoms with E-state index in [4.69, 9.17) is 4.74 Å². The fraction of sp³-hybridized carbons (Fsp3) is 1.00. The molecule has 1 aliphatic rings. The van der Waals surface area contributed by atoms with Crippen molar-refractivity contribution in [3.63, 3.8) is 0 Å². The molecule has 1 N–H and O–H groups in total. The molecule has 0 aliphatic heterocycles. The Bertz CT molecular complexity index is 246. The fourth-order valence-electron chi connectivity index (χ4n) is 2.95. The maximum absolute atomic E-state index is 12.1. The number of hydrogen-bond donors (Lipinski definition) is 1. The summed E-state index contributed by atoms with van der Waals surface area (Å²) in [6.45, 7) is 2.37. The third-order valence-corrected chi connectivity index (χ3v) is 3.93. The van der Waals surface area contributed by atoms with E-state index in [0.29, 0.717) is 6.61 Å². The normalized spacial score (nSPS) is 21.9. The number of alkyl halides is 3. The Morgan fingerprint density at radius 2 is 1.74 bits per heavy atom. The first-order valence-corrected chi connectivity index (χ1v) is 7.28. The van der Waals surface area contributed by atoms with Gasteiger partial charge in [0.15, 0.2) is 0 Å². The predicted octanol–water partition coefficient (Wildman–Crippen LogP) is 4.21. The van der Waals surface area contributed by atoms with Gasteiger partial charge in [-0.15, -0.1) is 0 Å². The van der Waals surface area contributed by atoms with Crippen molar-refractivity contribution in [3.05, 3.63) is 0 Å². The van der Waals surface area contributed by atoms with Crippen molar-refractivity contribution in [2.45, 2.75) is 82.6 Å². The number of aliphatic hydroxyl groups excluding tert-OH is 1. The minimum absolute atomic E-state index is 0.0283. The fourth-order valence-corrected chi connectivity index (χ4v) is 2.95. The zero-order valence-electron chi connectivity index (χ0n) is 11.6. The molecule has 0 aromatic carbocycles. The van der Waals surface area contributed by atoms with Gasteiger partial charge in [0.2, 0.25) is 0 Å². The third kappa shape index (κ3) is 5.69. The molecule has 0 saturated heterocycles. The van der Waals surface area contributed by atoms with Crippen LogP contribution in [0.2, 0.25) is 0 Å². The monoisotopic (exact) mass is 282 g/mol. The van der Waals surface area contributed by atoms with Crippen LogP contribution in [-0.2, 0) is 4.74 Å². The average Bonchev–Trinajstić information content (AvgIpc) is 2.54. The quantitative estimate of drug-likeness (QED) is 0.739. The highest BCUT2D eigenvalue weighted by Gasteiger charge is 2.39. The molecule has 1 atom stereocenters. The summed E-state index contributed by atoms with van der Waals surface area (Å²) in [4.78, 5) is 0. The van der Waals surface area contributed by atoms with E-state index in [9.17, 15) is 18.3 Å². The Morgan fingerprint density at radius 1 is 1.16 bits per heavy atom. The van der Waals surface area contributed by atoms with E-state index in [1.54, 1.807) is 0 Å². The molecule has 2 nitrogen and oxygen atoms in total. The number of ether oxygens (including phenoxy) is 1. The molecular formula is C14H25F3O2. The molecule has 1 fully saturated rings. The van der Waals surface area contributed by atoms with Crippen LogP contribution in [0.4, 0.5) is 13.2 Å². The van der Waals surface area contributed by atoms with Crippen molar-refractivity contribution >= 4 is 0 Å². The summed E-state index contributed by atoms with van der Waals surface area (Å²) in [6, 6.07) is 0. The molecule has 0 radical (unpaired) electrons. The first-order valence-electron chi connectivity index (χ1n) is 7.28. The molecule has 1 saturated carbocycles. The average molecular weight is 282 g/mol. The molecule has 0 amide bonds. The summed E-state index contributed by atoms with van der Waals surface area (Å²) in [5.74, 6) is 0. The first-order chi connectivity index (χ1) is 8.90. The van der Waals surface area contributed by atoms with E-state index in [-0.39, 0.29) is 12.8 Å². The van der Waals surface area contributed by atoms with Crippen LogP contribution in [0.5, 0.6) is 0 Å². The Hall–Kier alpha value is -0.290. The van der Waals surface area contributed by atoms with Crippen LogP contribution < -0.4 is 0 Å². The molecule has 0 aromatic rings. The van der Waals surface area contributed by atoms with Crippen LogP contribution in [0.25, 0.3) is 0 Å². The van der Waals surface area contributed by atoms with Crippen LogP contribution in [0, 0.1) is 0 Å². The second-order valence-electron chi connectivity index (χ2n) is 5.44. The molecule has 114 valence electrons. The lowest BCUT2D eigenvalue weighted by atomic mass is 9.85. The molecule has 19 heavy (non-hydrogen) atoms. The summed E-state index contributed by atoms with van der Waals surface area (Å²) in [5.41, 5.74) is -0.614. The molecule has 1 unspecified atom stereocenters. The second-order valence-corrected chi connectivity index (χ2v) is 5.44. The van der Waals surface area contributed by atoms with Crippen molar-refractivity contribution in [1.82, 2.24) is 0 Å². The van der Waals surface area contributed by atoms with Crippen molar-refractivity contribution < 1.29 is 23.0 Å². The summed E-state index contributed by atoms with van der Waals surface area (Å²) in [5, 5.41) is 10.3. The van der Waals surface area contributed by atoms with Gasteiger partial charge in [0.1, 0.15) is 0 Å². The van der Waals surface area contributed by atoms with Gasteiger partial charge in [-0.25, -0.2) is 0 Å². The largest absolute Gasteiger partial charge is 0.390 e. The maximum atomic E-state index is 12.1. The molecule has 0 spiro atoms. The van der Waals surface area contributed by atoms with E-state index in [1.807, 2.05) is 6.92 Å². The van der Waals surface area contributed by atoms with Crippen molar-refractivity contribution in [2.75, 3.05) is 6.61 Å². The molecule has 5 heteroatoms. The van der Waals surface area contributed by atoms with Gasteiger partial charge in [-0.1, -0.05) is 25.7 Å². The van der Waals surface area contributed by atoms with Gasteiger partial charge in [-0.05, 0) is 32.6 Å². The SMILES string of the molecule is CCOC1(C(O)CCCC(F)(F)F)CCCCCC1. The van der Waals surface area contributed by atoms with Gasteiger partial charge in [0.25, 0.3) is 0 Å². The predicted molar refractivity (Wildman–Crippen MR) is 68.0 cm³/mol. The van der Waals surface area contributed by atoms with Crippen molar-refractivity contribution in [3.8, 4) is 0 Å². The molecule has 1 aliphatic carbocycles. The zero-order valence-corrected chi connectivity index (χ0v) is 11.6. The van der Waals surface area contributed by atoms with E-state index >= 15 is 0 Å². The van der Waals surface area contributed by atoms with E-state index in [0.717, 1.165) is 38.5 Å². The van der Waals surface area contributed by atoms with Gasteiger partial charge in [0, 0.05) is 13.0 Å². The molecule has 0 heterocycles. The molecular weight excluding hydrogens is 257 g/mol.